The van der Waals surface area contributed by atoms with Crippen LogP contribution in [0.1, 0.15) is 20.8 Å². The van der Waals surface area contributed by atoms with Crippen molar-refractivity contribution < 1.29 is 28.6 Å². The van der Waals surface area contributed by atoms with E-state index in [-0.39, 0.29) is 13.2 Å². The molecule has 0 aliphatic heterocycles. The van der Waals surface area contributed by atoms with Crippen molar-refractivity contribution in [3.63, 3.8) is 0 Å². The SMILES string of the molecule is CCOC(=O)/C(Cl)=C(/OC(C)=O)C(=O)OCC. The van der Waals surface area contributed by atoms with E-state index < -0.39 is 28.7 Å². The molecule has 17 heavy (non-hydrogen) atoms. The third-order valence-electron chi connectivity index (χ3n) is 1.36. The first kappa shape index (κ1) is 15.4. The number of halogens is 1. The predicted octanol–water partition coefficient (Wildman–Crippen LogP) is 1.13. The lowest BCUT2D eigenvalue weighted by Crippen LogP contribution is -2.18. The van der Waals surface area contributed by atoms with Gasteiger partial charge in [0.15, 0.2) is 5.03 Å². The molecule has 0 aromatic carbocycles. The minimum absolute atomic E-state index is 0.0522. The summed E-state index contributed by atoms with van der Waals surface area (Å²) >= 11 is 5.58. The molecule has 0 amide bonds. The number of carbonyl (C=O) groups is 3. The van der Waals surface area contributed by atoms with Crippen molar-refractivity contribution >= 4 is 29.5 Å². The molecule has 0 aromatic heterocycles. The van der Waals surface area contributed by atoms with Gasteiger partial charge in [0.2, 0.25) is 5.76 Å². The molecule has 0 unspecified atom stereocenters. The summed E-state index contributed by atoms with van der Waals surface area (Å²) in [5.41, 5.74) is 0. The lowest BCUT2D eigenvalue weighted by Gasteiger charge is -2.08. The molecular formula is C10H13ClO6. The Morgan fingerprint density at radius 1 is 1.00 bits per heavy atom. The van der Waals surface area contributed by atoms with E-state index in [1.54, 1.807) is 13.8 Å². The first-order valence-electron chi connectivity index (χ1n) is 4.86. The van der Waals surface area contributed by atoms with Crippen LogP contribution in [-0.4, -0.2) is 31.1 Å². The van der Waals surface area contributed by atoms with E-state index in [2.05, 4.69) is 14.2 Å². The van der Waals surface area contributed by atoms with E-state index in [4.69, 9.17) is 11.6 Å². The minimum Gasteiger partial charge on any atom is -0.462 e. The zero-order valence-corrected chi connectivity index (χ0v) is 10.5. The Hall–Kier alpha value is -1.56. The van der Waals surface area contributed by atoms with Gasteiger partial charge in [-0.3, -0.25) is 4.79 Å². The smallest absolute Gasteiger partial charge is 0.376 e. The van der Waals surface area contributed by atoms with Crippen LogP contribution in [0.4, 0.5) is 0 Å². The van der Waals surface area contributed by atoms with Gasteiger partial charge >= 0.3 is 17.9 Å². The van der Waals surface area contributed by atoms with E-state index in [1.807, 2.05) is 0 Å². The molecule has 0 aliphatic rings. The van der Waals surface area contributed by atoms with Gasteiger partial charge in [0, 0.05) is 6.92 Å². The summed E-state index contributed by atoms with van der Waals surface area (Å²) in [6, 6.07) is 0. The summed E-state index contributed by atoms with van der Waals surface area (Å²) < 4.78 is 13.7. The van der Waals surface area contributed by atoms with Crippen LogP contribution in [0.5, 0.6) is 0 Å². The van der Waals surface area contributed by atoms with Crippen molar-refractivity contribution in [2.24, 2.45) is 0 Å². The molecule has 0 bridgehead atoms. The van der Waals surface area contributed by atoms with Crippen molar-refractivity contribution in [2.75, 3.05) is 13.2 Å². The van der Waals surface area contributed by atoms with Crippen LogP contribution in [0.15, 0.2) is 10.8 Å². The Labute approximate surface area is 103 Å². The average Bonchev–Trinajstić information content (AvgIpc) is 2.25. The molecule has 0 atom stereocenters. The summed E-state index contributed by atoms with van der Waals surface area (Å²) in [6.07, 6.45) is 0. The monoisotopic (exact) mass is 264 g/mol. The molecule has 0 aromatic rings. The molecule has 0 spiro atoms. The van der Waals surface area contributed by atoms with Gasteiger partial charge in [0.25, 0.3) is 0 Å². The highest BCUT2D eigenvalue weighted by molar-refractivity contribution is 6.43. The first-order valence-corrected chi connectivity index (χ1v) is 5.24. The molecule has 0 rings (SSSR count). The zero-order valence-electron chi connectivity index (χ0n) is 9.74. The number of esters is 3. The maximum atomic E-state index is 11.4. The normalized spacial score (nSPS) is 11.3. The summed E-state index contributed by atoms with van der Waals surface area (Å²) in [4.78, 5) is 33.4. The molecule has 96 valence electrons. The van der Waals surface area contributed by atoms with Crippen molar-refractivity contribution in [1.29, 1.82) is 0 Å². The lowest BCUT2D eigenvalue weighted by atomic mass is 10.4. The van der Waals surface area contributed by atoms with E-state index in [0.29, 0.717) is 0 Å². The van der Waals surface area contributed by atoms with Crippen molar-refractivity contribution in [2.45, 2.75) is 20.8 Å². The average molecular weight is 265 g/mol. The number of carbonyl (C=O) groups excluding carboxylic acids is 3. The molecule has 0 fully saturated rings. The summed E-state index contributed by atoms with van der Waals surface area (Å²) in [6.45, 7) is 4.32. The fourth-order valence-corrected chi connectivity index (χ4v) is 0.974. The standard InChI is InChI=1S/C10H13ClO6/c1-4-15-9(13)7(11)8(17-6(3)12)10(14)16-5-2/h4-5H2,1-3H3/b8-7-. The van der Waals surface area contributed by atoms with Crippen molar-refractivity contribution in [3.8, 4) is 0 Å². The third kappa shape index (κ3) is 5.35. The van der Waals surface area contributed by atoms with Crippen molar-refractivity contribution in [1.82, 2.24) is 0 Å². The van der Waals surface area contributed by atoms with Crippen LogP contribution in [0, 0.1) is 0 Å². The van der Waals surface area contributed by atoms with Gasteiger partial charge in [0.05, 0.1) is 13.2 Å². The highest BCUT2D eigenvalue weighted by Crippen LogP contribution is 2.15. The molecule has 6 nitrogen and oxygen atoms in total. The first-order chi connectivity index (χ1) is 7.93. The van der Waals surface area contributed by atoms with Gasteiger partial charge in [-0.25, -0.2) is 9.59 Å². The van der Waals surface area contributed by atoms with Crippen molar-refractivity contribution in [3.05, 3.63) is 10.8 Å². The Balaban J connectivity index is 5.12. The zero-order chi connectivity index (χ0) is 13.4. The highest BCUT2D eigenvalue weighted by atomic mass is 35.5. The Bertz CT molecular complexity index is 347. The maximum absolute atomic E-state index is 11.4. The Kier molecular flexibility index (Phi) is 6.97. The van der Waals surface area contributed by atoms with Gasteiger partial charge in [-0.05, 0) is 13.8 Å². The van der Waals surface area contributed by atoms with Crippen LogP contribution in [0.3, 0.4) is 0 Å². The van der Waals surface area contributed by atoms with Crippen LogP contribution >= 0.6 is 11.6 Å². The van der Waals surface area contributed by atoms with E-state index in [0.717, 1.165) is 6.92 Å². The quantitative estimate of drug-likeness (QED) is 0.320. The van der Waals surface area contributed by atoms with Crippen LogP contribution < -0.4 is 0 Å². The second-order valence-electron chi connectivity index (χ2n) is 2.68. The molecule has 0 N–H and O–H groups in total. The highest BCUT2D eigenvalue weighted by Gasteiger charge is 2.25. The molecule has 0 heterocycles. The van der Waals surface area contributed by atoms with E-state index in [9.17, 15) is 14.4 Å². The van der Waals surface area contributed by atoms with Crippen LogP contribution in [-0.2, 0) is 28.6 Å². The molecule has 0 saturated carbocycles. The Morgan fingerprint density at radius 3 is 1.88 bits per heavy atom. The lowest BCUT2D eigenvalue weighted by molar-refractivity contribution is -0.151. The van der Waals surface area contributed by atoms with E-state index >= 15 is 0 Å². The third-order valence-corrected chi connectivity index (χ3v) is 1.69. The second kappa shape index (κ2) is 7.67. The van der Waals surface area contributed by atoms with Gasteiger partial charge in [-0.2, -0.15) is 0 Å². The van der Waals surface area contributed by atoms with Gasteiger partial charge in [0.1, 0.15) is 0 Å². The van der Waals surface area contributed by atoms with E-state index in [1.165, 1.54) is 0 Å². The van der Waals surface area contributed by atoms with Crippen LogP contribution in [0.25, 0.3) is 0 Å². The van der Waals surface area contributed by atoms with Gasteiger partial charge in [-0.15, -0.1) is 0 Å². The predicted molar refractivity (Wildman–Crippen MR) is 57.9 cm³/mol. The summed E-state index contributed by atoms with van der Waals surface area (Å²) in [7, 11) is 0. The van der Waals surface area contributed by atoms with Gasteiger partial charge < -0.3 is 14.2 Å². The number of ether oxygens (including phenoxy) is 3. The number of rotatable bonds is 5. The fraction of sp³-hybridized carbons (Fsp3) is 0.500. The maximum Gasteiger partial charge on any atom is 0.376 e. The van der Waals surface area contributed by atoms with Crippen LogP contribution in [0.2, 0.25) is 0 Å². The summed E-state index contributed by atoms with van der Waals surface area (Å²) in [5.74, 6) is -3.42. The molecule has 0 saturated heterocycles. The molecular weight excluding hydrogens is 252 g/mol. The summed E-state index contributed by atoms with van der Waals surface area (Å²) in [5, 5.41) is -0.625. The van der Waals surface area contributed by atoms with Gasteiger partial charge in [-0.1, -0.05) is 11.6 Å². The minimum atomic E-state index is -0.999. The Morgan fingerprint density at radius 2 is 1.47 bits per heavy atom. The molecule has 0 aliphatic carbocycles. The topological polar surface area (TPSA) is 78.9 Å². The second-order valence-corrected chi connectivity index (χ2v) is 3.06. The molecule has 0 radical (unpaired) electrons. The molecule has 7 heteroatoms. The number of hydrogen-bond donors (Lipinski definition) is 0. The fourth-order valence-electron chi connectivity index (χ4n) is 0.804. The largest absolute Gasteiger partial charge is 0.462 e. The number of hydrogen-bond acceptors (Lipinski definition) is 6.